The Labute approximate surface area is 169 Å². The summed E-state index contributed by atoms with van der Waals surface area (Å²) in [5.41, 5.74) is -0.175. The van der Waals surface area contributed by atoms with E-state index >= 15 is 0 Å². The van der Waals surface area contributed by atoms with E-state index in [0.717, 1.165) is 5.56 Å². The molecule has 0 bridgehead atoms. The van der Waals surface area contributed by atoms with Gasteiger partial charge in [0.25, 0.3) is 0 Å². The van der Waals surface area contributed by atoms with Crippen molar-refractivity contribution in [2.24, 2.45) is 5.92 Å². The van der Waals surface area contributed by atoms with Gasteiger partial charge in [-0.05, 0) is 42.5 Å². The van der Waals surface area contributed by atoms with Crippen LogP contribution >= 0.6 is 0 Å². The highest BCUT2D eigenvalue weighted by Gasteiger charge is 2.70. The standard InChI is InChI=1S/C20H23N3O5S/c1-27-16-5-6-17(28-2)18(10-16)29(25,26)23-9-7-15-11-20(15,23)19(24)22-13-14-4-3-8-21-12-14/h3-6,8,10,12,15H,7,9,11,13H2,1-2H3,(H,22,24). The Morgan fingerprint density at radius 1 is 1.31 bits per heavy atom. The van der Waals surface area contributed by atoms with Gasteiger partial charge in [-0.15, -0.1) is 0 Å². The normalized spacial score (nSPS) is 23.3. The maximum atomic E-state index is 13.5. The summed E-state index contributed by atoms with van der Waals surface area (Å²) in [4.78, 5) is 17.1. The fourth-order valence-corrected chi connectivity index (χ4v) is 6.09. The third-order valence-electron chi connectivity index (χ3n) is 5.71. The number of carbonyl (C=O) groups is 1. The lowest BCUT2D eigenvalue weighted by molar-refractivity contribution is -0.126. The van der Waals surface area contributed by atoms with Crippen molar-refractivity contribution in [2.45, 2.75) is 29.8 Å². The molecule has 1 amide bonds. The quantitative estimate of drug-likeness (QED) is 0.734. The van der Waals surface area contributed by atoms with Crippen LogP contribution in [0.5, 0.6) is 11.5 Å². The van der Waals surface area contributed by atoms with Crippen LogP contribution in [-0.4, -0.2) is 49.9 Å². The molecule has 4 rings (SSSR count). The van der Waals surface area contributed by atoms with Crippen LogP contribution < -0.4 is 14.8 Å². The molecular formula is C20H23N3O5S. The highest BCUT2D eigenvalue weighted by atomic mass is 32.2. The number of hydrogen-bond donors (Lipinski definition) is 1. The zero-order chi connectivity index (χ0) is 20.6. The average Bonchev–Trinajstić information content (AvgIpc) is 3.35. The number of ether oxygens (including phenoxy) is 2. The molecule has 0 radical (unpaired) electrons. The number of nitrogens with one attached hydrogen (secondary N) is 1. The molecule has 1 aliphatic heterocycles. The van der Waals surface area contributed by atoms with E-state index in [9.17, 15) is 13.2 Å². The number of benzene rings is 1. The lowest BCUT2D eigenvalue weighted by atomic mass is 10.2. The smallest absolute Gasteiger partial charge is 0.247 e. The van der Waals surface area contributed by atoms with Crippen LogP contribution in [0.4, 0.5) is 0 Å². The Bertz CT molecular complexity index is 1030. The highest BCUT2D eigenvalue weighted by Crippen LogP contribution is 2.58. The molecule has 1 aliphatic carbocycles. The van der Waals surface area contributed by atoms with Gasteiger partial charge >= 0.3 is 0 Å². The summed E-state index contributed by atoms with van der Waals surface area (Å²) in [5, 5.41) is 2.89. The molecule has 0 spiro atoms. The van der Waals surface area contributed by atoms with Gasteiger partial charge in [-0.25, -0.2) is 8.42 Å². The molecule has 2 atom stereocenters. The summed E-state index contributed by atoms with van der Waals surface area (Å²) in [6, 6.07) is 8.28. The van der Waals surface area contributed by atoms with Crippen LogP contribution in [0.2, 0.25) is 0 Å². The number of pyridine rings is 1. The van der Waals surface area contributed by atoms with Gasteiger partial charge in [0.15, 0.2) is 0 Å². The lowest BCUT2D eigenvalue weighted by Crippen LogP contribution is -2.50. The number of methoxy groups -OCH3 is 2. The van der Waals surface area contributed by atoms with E-state index in [1.807, 2.05) is 6.07 Å². The largest absolute Gasteiger partial charge is 0.497 e. The lowest BCUT2D eigenvalue weighted by Gasteiger charge is -2.27. The molecule has 1 aromatic heterocycles. The first kappa shape index (κ1) is 19.7. The third-order valence-corrected chi connectivity index (χ3v) is 7.67. The first-order valence-corrected chi connectivity index (χ1v) is 10.8. The van der Waals surface area contributed by atoms with E-state index in [2.05, 4.69) is 10.3 Å². The average molecular weight is 417 g/mol. The number of rotatable bonds is 7. The predicted octanol–water partition coefficient (Wildman–Crippen LogP) is 1.57. The molecule has 2 heterocycles. The summed E-state index contributed by atoms with van der Waals surface area (Å²) in [6.07, 6.45) is 4.52. The number of carbonyl (C=O) groups excluding carboxylic acids is 1. The van der Waals surface area contributed by atoms with E-state index in [0.29, 0.717) is 31.7 Å². The van der Waals surface area contributed by atoms with Crippen LogP contribution in [0.3, 0.4) is 0 Å². The first-order valence-electron chi connectivity index (χ1n) is 9.35. The summed E-state index contributed by atoms with van der Waals surface area (Å²) in [6.45, 7) is 0.602. The van der Waals surface area contributed by atoms with Crippen molar-refractivity contribution in [3.63, 3.8) is 0 Å². The van der Waals surface area contributed by atoms with Crippen molar-refractivity contribution in [2.75, 3.05) is 20.8 Å². The van der Waals surface area contributed by atoms with Crippen molar-refractivity contribution in [1.82, 2.24) is 14.6 Å². The minimum Gasteiger partial charge on any atom is -0.497 e. The van der Waals surface area contributed by atoms with Gasteiger partial charge in [0, 0.05) is 31.5 Å². The van der Waals surface area contributed by atoms with E-state index in [1.165, 1.54) is 24.6 Å². The fraction of sp³-hybridized carbons (Fsp3) is 0.400. The molecular weight excluding hydrogens is 394 g/mol. The SMILES string of the molecule is COc1ccc(OC)c(S(=O)(=O)N2CCC3CC32C(=O)NCc2cccnc2)c1. The van der Waals surface area contributed by atoms with Crippen molar-refractivity contribution >= 4 is 15.9 Å². The summed E-state index contributed by atoms with van der Waals surface area (Å²) >= 11 is 0. The maximum absolute atomic E-state index is 13.5. The summed E-state index contributed by atoms with van der Waals surface area (Å²) in [7, 11) is -1.06. The number of nitrogens with zero attached hydrogens (tertiary/aromatic N) is 2. The molecule has 29 heavy (non-hydrogen) atoms. The van der Waals surface area contributed by atoms with E-state index in [4.69, 9.17) is 9.47 Å². The third kappa shape index (κ3) is 3.24. The Kier molecular flexibility index (Phi) is 4.95. The molecule has 2 fully saturated rings. The Morgan fingerprint density at radius 2 is 2.14 bits per heavy atom. The monoisotopic (exact) mass is 417 g/mol. The summed E-state index contributed by atoms with van der Waals surface area (Å²) < 4.78 is 38.8. The second-order valence-electron chi connectivity index (χ2n) is 7.25. The van der Waals surface area contributed by atoms with Crippen molar-refractivity contribution < 1.29 is 22.7 Å². The number of amides is 1. The van der Waals surface area contributed by atoms with Crippen LogP contribution in [0.15, 0.2) is 47.6 Å². The van der Waals surface area contributed by atoms with Crippen molar-refractivity contribution in [1.29, 1.82) is 0 Å². The maximum Gasteiger partial charge on any atom is 0.247 e. The zero-order valence-corrected chi connectivity index (χ0v) is 17.1. The Balaban J connectivity index is 1.62. The van der Waals surface area contributed by atoms with Gasteiger partial charge in [-0.2, -0.15) is 4.31 Å². The zero-order valence-electron chi connectivity index (χ0n) is 16.3. The van der Waals surface area contributed by atoms with E-state index in [1.54, 1.807) is 30.6 Å². The van der Waals surface area contributed by atoms with E-state index in [-0.39, 0.29) is 22.5 Å². The van der Waals surface area contributed by atoms with Crippen LogP contribution in [-0.2, 0) is 21.4 Å². The van der Waals surface area contributed by atoms with Gasteiger partial charge in [-0.1, -0.05) is 6.07 Å². The second-order valence-corrected chi connectivity index (χ2v) is 9.08. The number of hydrogen-bond acceptors (Lipinski definition) is 6. The molecule has 9 heteroatoms. The van der Waals surface area contributed by atoms with Gasteiger partial charge in [-0.3, -0.25) is 9.78 Å². The van der Waals surface area contributed by atoms with Crippen LogP contribution in [0.25, 0.3) is 0 Å². The van der Waals surface area contributed by atoms with Gasteiger partial charge < -0.3 is 14.8 Å². The molecule has 2 aliphatic rings. The molecule has 154 valence electrons. The molecule has 1 N–H and O–H groups in total. The van der Waals surface area contributed by atoms with Crippen LogP contribution in [0, 0.1) is 5.92 Å². The molecule has 1 saturated heterocycles. The van der Waals surface area contributed by atoms with Gasteiger partial charge in [0.2, 0.25) is 15.9 Å². The van der Waals surface area contributed by atoms with Crippen LogP contribution in [0.1, 0.15) is 18.4 Å². The van der Waals surface area contributed by atoms with Crippen molar-refractivity contribution in [3.05, 3.63) is 48.3 Å². The predicted molar refractivity (Wildman–Crippen MR) is 105 cm³/mol. The topological polar surface area (TPSA) is 97.8 Å². The molecule has 2 unspecified atom stereocenters. The molecule has 1 saturated carbocycles. The molecule has 2 aromatic rings. The summed E-state index contributed by atoms with van der Waals surface area (Å²) in [5.74, 6) is 0.392. The minimum atomic E-state index is -3.95. The van der Waals surface area contributed by atoms with Crippen molar-refractivity contribution in [3.8, 4) is 11.5 Å². The second kappa shape index (κ2) is 7.31. The van der Waals surface area contributed by atoms with Gasteiger partial charge in [0.1, 0.15) is 21.9 Å². The molecule has 8 nitrogen and oxygen atoms in total. The minimum absolute atomic E-state index is 0.00587. The fourth-order valence-electron chi connectivity index (χ4n) is 4.10. The Morgan fingerprint density at radius 3 is 2.79 bits per heavy atom. The Hall–Kier alpha value is -2.65. The highest BCUT2D eigenvalue weighted by molar-refractivity contribution is 7.89. The number of aromatic nitrogens is 1. The molecule has 1 aromatic carbocycles. The first-order chi connectivity index (χ1) is 13.9. The number of piperidine rings is 1. The van der Waals surface area contributed by atoms with Gasteiger partial charge in [0.05, 0.1) is 14.2 Å². The van der Waals surface area contributed by atoms with E-state index < -0.39 is 15.6 Å². The number of fused-ring (bicyclic) bond motifs is 1. The number of sulfonamides is 1.